The van der Waals surface area contributed by atoms with Crippen molar-refractivity contribution in [2.75, 3.05) is 5.32 Å². The molecule has 2 heterocycles. The third kappa shape index (κ3) is 2.30. The monoisotopic (exact) mass is 421 g/mol. The van der Waals surface area contributed by atoms with Crippen LogP contribution in [0.2, 0.25) is 0 Å². The predicted octanol–water partition coefficient (Wildman–Crippen LogP) is 5.40. The molecule has 0 aliphatic heterocycles. The maximum Gasteiger partial charge on any atom is 0.117 e. The Morgan fingerprint density at radius 3 is 3.14 bits per heavy atom. The number of aromatic nitrogens is 1. The smallest absolute Gasteiger partial charge is 0.117 e. The van der Waals surface area contributed by atoms with Crippen LogP contribution in [0.25, 0.3) is 10.1 Å². The number of benzene rings is 1. The lowest BCUT2D eigenvalue weighted by atomic mass is 10.1. The molecule has 0 amide bonds. The van der Waals surface area contributed by atoms with E-state index in [0.717, 1.165) is 29.8 Å². The van der Waals surface area contributed by atoms with Crippen molar-refractivity contribution in [3.05, 3.63) is 55.6 Å². The van der Waals surface area contributed by atoms with E-state index in [1.54, 1.807) is 11.3 Å². The van der Waals surface area contributed by atoms with Crippen LogP contribution in [0.15, 0.2) is 41.8 Å². The number of thiophene rings is 1. The van der Waals surface area contributed by atoms with Gasteiger partial charge in [-0.2, -0.15) is 4.91 Å². The highest BCUT2D eigenvalue weighted by Crippen LogP contribution is 2.40. The lowest BCUT2D eigenvalue weighted by molar-refractivity contribution is 0.710. The van der Waals surface area contributed by atoms with E-state index in [-0.39, 0.29) is 6.04 Å². The Balaban J connectivity index is 1.72. The molecule has 1 aliphatic carbocycles. The summed E-state index contributed by atoms with van der Waals surface area (Å²) in [5.41, 5.74) is 4.49. The van der Waals surface area contributed by atoms with Crippen LogP contribution in [-0.2, 0) is 6.42 Å². The molecule has 0 spiro atoms. The Bertz CT molecular complexity index is 877. The molecule has 0 fully saturated rings. The molecule has 0 saturated carbocycles. The summed E-state index contributed by atoms with van der Waals surface area (Å²) in [4.78, 5) is 15.0. The van der Waals surface area contributed by atoms with Crippen LogP contribution in [0.5, 0.6) is 0 Å². The quantitative estimate of drug-likeness (QED) is 0.455. The number of nitrogens with zero attached hydrogens (tertiary/aromatic N) is 2. The minimum absolute atomic E-state index is 0.169. The van der Waals surface area contributed by atoms with Crippen LogP contribution in [0.1, 0.15) is 23.6 Å². The first-order chi connectivity index (χ1) is 10.8. The van der Waals surface area contributed by atoms with Crippen LogP contribution in [-0.4, -0.2) is 4.98 Å². The zero-order chi connectivity index (χ0) is 15.1. The Kier molecular flexibility index (Phi) is 3.57. The lowest BCUT2D eigenvalue weighted by Crippen LogP contribution is -1.93. The summed E-state index contributed by atoms with van der Waals surface area (Å²) >= 11 is 4.09. The van der Waals surface area contributed by atoms with Crippen molar-refractivity contribution in [1.82, 2.24) is 4.98 Å². The van der Waals surface area contributed by atoms with Crippen LogP contribution >= 0.6 is 33.9 Å². The number of rotatable bonds is 3. The molecular formula is C16H12IN3OS. The summed E-state index contributed by atoms with van der Waals surface area (Å²) in [6.07, 6.45) is 5.47. The maximum atomic E-state index is 10.8. The van der Waals surface area contributed by atoms with Gasteiger partial charge >= 0.3 is 0 Å². The first kappa shape index (κ1) is 14.1. The molecule has 1 unspecified atom stereocenters. The highest BCUT2D eigenvalue weighted by atomic mass is 127. The summed E-state index contributed by atoms with van der Waals surface area (Å²) in [6.45, 7) is 0. The number of halogens is 1. The van der Waals surface area contributed by atoms with Gasteiger partial charge in [0.25, 0.3) is 0 Å². The maximum absolute atomic E-state index is 10.8. The molecule has 4 rings (SSSR count). The summed E-state index contributed by atoms with van der Waals surface area (Å²) in [5.74, 6) is 0. The average molecular weight is 421 g/mol. The molecule has 1 aliphatic rings. The molecule has 3 aromatic rings. The Hall–Kier alpha value is -1.54. The van der Waals surface area contributed by atoms with Gasteiger partial charge in [0.1, 0.15) is 6.04 Å². The van der Waals surface area contributed by atoms with E-state index in [2.05, 4.69) is 44.1 Å². The summed E-state index contributed by atoms with van der Waals surface area (Å²) < 4.78 is 2.40. The summed E-state index contributed by atoms with van der Waals surface area (Å²) in [6, 6.07) is 8.07. The molecule has 4 nitrogen and oxygen atoms in total. The third-order valence-electron chi connectivity index (χ3n) is 4.04. The van der Waals surface area contributed by atoms with E-state index in [4.69, 9.17) is 0 Å². The van der Waals surface area contributed by atoms with Crippen molar-refractivity contribution >= 4 is 55.4 Å². The van der Waals surface area contributed by atoms with Gasteiger partial charge in [-0.15, -0.1) is 11.3 Å². The number of anilines is 2. The first-order valence-electron chi connectivity index (χ1n) is 7.00. The standard InChI is InChI=1S/C16H12IN3OS/c17-16-15(12-5-6-18-8-14(12)22-16)19-10-2-3-11-9(7-10)1-4-13(11)20-21/h2-3,5-8,13,19H,1,4H2. The van der Waals surface area contributed by atoms with Crippen LogP contribution in [0.4, 0.5) is 11.4 Å². The van der Waals surface area contributed by atoms with Gasteiger partial charge in [-0.25, -0.2) is 0 Å². The molecule has 1 atom stereocenters. The first-order valence-corrected chi connectivity index (χ1v) is 8.90. The Morgan fingerprint density at radius 1 is 1.36 bits per heavy atom. The highest BCUT2D eigenvalue weighted by Gasteiger charge is 2.23. The van der Waals surface area contributed by atoms with Crippen molar-refractivity contribution in [2.45, 2.75) is 18.9 Å². The second kappa shape index (κ2) is 5.58. The van der Waals surface area contributed by atoms with E-state index >= 15 is 0 Å². The minimum atomic E-state index is -0.169. The van der Waals surface area contributed by atoms with Crippen LogP contribution in [0.3, 0.4) is 0 Å². The van der Waals surface area contributed by atoms with Crippen molar-refractivity contribution < 1.29 is 0 Å². The number of hydrogen-bond acceptors (Lipinski definition) is 5. The number of hydrogen-bond donors (Lipinski definition) is 1. The fourth-order valence-electron chi connectivity index (χ4n) is 2.96. The van der Waals surface area contributed by atoms with Gasteiger partial charge in [0, 0.05) is 23.5 Å². The number of pyridine rings is 1. The SMILES string of the molecule is O=NC1CCc2cc(Nc3c(I)sc4cnccc34)ccc21. The third-order valence-corrected chi connectivity index (χ3v) is 6.16. The highest BCUT2D eigenvalue weighted by molar-refractivity contribution is 14.1. The van der Waals surface area contributed by atoms with Gasteiger partial charge in [-0.3, -0.25) is 4.98 Å². The molecular weight excluding hydrogens is 409 g/mol. The van der Waals surface area contributed by atoms with E-state index in [1.165, 1.54) is 18.5 Å². The zero-order valence-corrected chi connectivity index (χ0v) is 14.5. The second-order valence-electron chi connectivity index (χ2n) is 5.32. The van der Waals surface area contributed by atoms with Gasteiger partial charge in [-0.05, 0) is 64.8 Å². The van der Waals surface area contributed by atoms with Crippen molar-refractivity contribution in [1.29, 1.82) is 0 Å². The largest absolute Gasteiger partial charge is 0.353 e. The van der Waals surface area contributed by atoms with Gasteiger partial charge < -0.3 is 5.32 Å². The Morgan fingerprint density at radius 2 is 2.27 bits per heavy atom. The molecule has 0 bridgehead atoms. The zero-order valence-electron chi connectivity index (χ0n) is 11.5. The van der Waals surface area contributed by atoms with Gasteiger partial charge in [-0.1, -0.05) is 11.2 Å². The van der Waals surface area contributed by atoms with Gasteiger partial charge in [0.05, 0.1) is 13.3 Å². The number of aryl methyl sites for hydroxylation is 1. The van der Waals surface area contributed by atoms with E-state index in [9.17, 15) is 4.91 Å². The molecule has 1 N–H and O–H groups in total. The minimum Gasteiger partial charge on any atom is -0.353 e. The van der Waals surface area contributed by atoms with Crippen molar-refractivity contribution in [2.24, 2.45) is 5.18 Å². The topological polar surface area (TPSA) is 54.4 Å². The fraction of sp³-hybridized carbons (Fsp3) is 0.188. The number of nitrogens with one attached hydrogen (secondary N) is 1. The van der Waals surface area contributed by atoms with E-state index < -0.39 is 0 Å². The van der Waals surface area contributed by atoms with E-state index in [1.807, 2.05) is 30.6 Å². The summed E-state index contributed by atoms with van der Waals surface area (Å²) in [5, 5.41) is 7.93. The van der Waals surface area contributed by atoms with Crippen LogP contribution in [0, 0.1) is 7.79 Å². The normalized spacial score (nSPS) is 16.7. The molecule has 0 radical (unpaired) electrons. The molecule has 0 saturated heterocycles. The number of fused-ring (bicyclic) bond motifs is 2. The van der Waals surface area contributed by atoms with Crippen molar-refractivity contribution in [3.8, 4) is 0 Å². The van der Waals surface area contributed by atoms with Gasteiger partial charge in [0.2, 0.25) is 0 Å². The fourth-order valence-corrected chi connectivity index (χ4v) is 4.95. The molecule has 6 heteroatoms. The Labute approximate surface area is 145 Å². The van der Waals surface area contributed by atoms with Crippen LogP contribution < -0.4 is 5.32 Å². The van der Waals surface area contributed by atoms with E-state index in [0.29, 0.717) is 0 Å². The molecule has 22 heavy (non-hydrogen) atoms. The second-order valence-corrected chi connectivity index (χ2v) is 8.18. The van der Waals surface area contributed by atoms with Crippen molar-refractivity contribution in [3.63, 3.8) is 0 Å². The molecule has 110 valence electrons. The predicted molar refractivity (Wildman–Crippen MR) is 98.9 cm³/mol. The molecule has 2 aromatic heterocycles. The van der Waals surface area contributed by atoms with Gasteiger partial charge in [0.15, 0.2) is 0 Å². The average Bonchev–Trinajstić information content (AvgIpc) is 3.08. The molecule has 1 aromatic carbocycles. The lowest BCUT2D eigenvalue weighted by Gasteiger charge is -2.09. The number of nitroso groups, excluding NO2 is 1. The summed E-state index contributed by atoms with van der Waals surface area (Å²) in [7, 11) is 0.